The molecule has 4 amide bonds. The first-order valence-electron chi connectivity index (χ1n) is 19.4. The topological polar surface area (TPSA) is 172 Å². The second-order valence-electron chi connectivity index (χ2n) is 15.1. The van der Waals surface area contributed by atoms with E-state index >= 15 is 0 Å². The lowest BCUT2D eigenvalue weighted by Gasteiger charge is -2.29. The van der Waals surface area contributed by atoms with Crippen LogP contribution in [-0.2, 0) is 19.1 Å². The third-order valence-electron chi connectivity index (χ3n) is 10.8. The Hall–Kier alpha value is -4.88. The van der Waals surface area contributed by atoms with Crippen molar-refractivity contribution in [3.05, 3.63) is 53.9 Å². The maximum absolute atomic E-state index is 13.7. The fourth-order valence-electron chi connectivity index (χ4n) is 7.56. The normalized spacial score (nSPS) is 19.7. The summed E-state index contributed by atoms with van der Waals surface area (Å²) in [6, 6.07) is 6.84. The maximum Gasteiger partial charge on any atom is 0.407 e. The molecule has 14 heteroatoms. The van der Waals surface area contributed by atoms with Gasteiger partial charge in [0.2, 0.25) is 17.7 Å². The van der Waals surface area contributed by atoms with Gasteiger partial charge in [0.25, 0.3) is 5.91 Å². The maximum atomic E-state index is 13.7. The molecule has 3 aromatic rings. The highest BCUT2D eigenvalue weighted by molar-refractivity contribution is 5.97. The molecule has 3 atom stereocenters. The molecule has 0 spiro atoms. The number of carbonyl (C=O) groups excluding carboxylic acids is 4. The summed E-state index contributed by atoms with van der Waals surface area (Å²) in [6.07, 6.45) is 9.54. The van der Waals surface area contributed by atoms with E-state index in [1.807, 2.05) is 27.7 Å². The minimum Gasteiger partial charge on any atom is -0.453 e. The van der Waals surface area contributed by atoms with E-state index in [9.17, 15) is 19.2 Å². The lowest BCUT2D eigenvalue weighted by atomic mass is 9.77. The molecule has 294 valence electrons. The van der Waals surface area contributed by atoms with Gasteiger partial charge in [0.15, 0.2) is 0 Å². The summed E-state index contributed by atoms with van der Waals surface area (Å²) in [7, 11) is 2.57. The summed E-state index contributed by atoms with van der Waals surface area (Å²) in [4.78, 5) is 67.4. The molecule has 2 aliphatic rings. The number of oxazole rings is 1. The predicted molar refractivity (Wildman–Crippen MR) is 204 cm³/mol. The lowest BCUT2D eigenvalue weighted by molar-refractivity contribution is -0.135. The van der Waals surface area contributed by atoms with Gasteiger partial charge in [0, 0.05) is 19.0 Å². The fraction of sp³-hybridized carbons (Fsp3) is 0.600. The van der Waals surface area contributed by atoms with Crippen LogP contribution in [0.2, 0.25) is 0 Å². The number of nitrogens with zero attached hydrogens (tertiary/aromatic N) is 4. The minimum atomic E-state index is -0.752. The van der Waals surface area contributed by atoms with Gasteiger partial charge in [-0.05, 0) is 73.8 Å². The first-order chi connectivity index (χ1) is 25.9. The number of anilines is 1. The van der Waals surface area contributed by atoms with E-state index in [0.29, 0.717) is 30.8 Å². The van der Waals surface area contributed by atoms with E-state index in [-0.39, 0.29) is 35.6 Å². The fourth-order valence-corrected chi connectivity index (χ4v) is 7.56. The molecule has 3 N–H and O–H groups in total. The van der Waals surface area contributed by atoms with Gasteiger partial charge in [-0.25, -0.2) is 19.6 Å². The highest BCUT2D eigenvalue weighted by Gasteiger charge is 2.39. The third kappa shape index (κ3) is 9.43. The number of ether oxygens (including phenoxy) is 2. The van der Waals surface area contributed by atoms with Crippen LogP contribution < -0.4 is 15.5 Å². The highest BCUT2D eigenvalue weighted by Crippen LogP contribution is 2.42. The Bertz CT molecular complexity index is 1710. The van der Waals surface area contributed by atoms with Gasteiger partial charge >= 0.3 is 12.2 Å². The monoisotopic (exact) mass is 747 g/mol. The van der Waals surface area contributed by atoms with Gasteiger partial charge in [-0.15, -0.1) is 0 Å². The van der Waals surface area contributed by atoms with Crippen molar-refractivity contribution in [3.63, 3.8) is 0 Å². The second-order valence-corrected chi connectivity index (χ2v) is 15.1. The summed E-state index contributed by atoms with van der Waals surface area (Å²) in [5.74, 6) is 1.08. The van der Waals surface area contributed by atoms with Crippen molar-refractivity contribution >= 4 is 29.9 Å². The number of hydrogen-bond donors (Lipinski definition) is 3. The van der Waals surface area contributed by atoms with Gasteiger partial charge in [0.05, 0.1) is 31.8 Å². The lowest BCUT2D eigenvalue weighted by Crippen LogP contribution is -2.52. The molecule has 1 saturated carbocycles. The number of nitrogens with one attached hydrogen (secondary N) is 3. The first kappa shape index (κ1) is 40.3. The van der Waals surface area contributed by atoms with E-state index in [4.69, 9.17) is 18.9 Å². The minimum absolute atomic E-state index is 0.104. The Morgan fingerprint density at radius 3 is 2.17 bits per heavy atom. The van der Waals surface area contributed by atoms with Crippen molar-refractivity contribution in [3.8, 4) is 11.3 Å². The van der Waals surface area contributed by atoms with Crippen LogP contribution in [-0.4, -0.2) is 83.2 Å². The van der Waals surface area contributed by atoms with Gasteiger partial charge < -0.3 is 34.4 Å². The van der Waals surface area contributed by atoms with E-state index in [0.717, 1.165) is 68.3 Å². The molecule has 3 heterocycles. The van der Waals surface area contributed by atoms with Crippen molar-refractivity contribution in [1.29, 1.82) is 0 Å². The molecule has 54 heavy (non-hydrogen) atoms. The van der Waals surface area contributed by atoms with Crippen molar-refractivity contribution in [2.75, 3.05) is 32.2 Å². The van der Waals surface area contributed by atoms with E-state index in [1.165, 1.54) is 19.8 Å². The largest absolute Gasteiger partial charge is 0.453 e. The summed E-state index contributed by atoms with van der Waals surface area (Å²) in [6.45, 7) is 10.7. The van der Waals surface area contributed by atoms with Gasteiger partial charge in [-0.2, -0.15) is 0 Å². The molecule has 0 radical (unpaired) electrons. The zero-order valence-electron chi connectivity index (χ0n) is 32.7. The van der Waals surface area contributed by atoms with Crippen LogP contribution in [0.5, 0.6) is 0 Å². The van der Waals surface area contributed by atoms with E-state index < -0.39 is 24.3 Å². The van der Waals surface area contributed by atoms with Crippen LogP contribution in [0.1, 0.15) is 121 Å². The Kier molecular flexibility index (Phi) is 13.8. The average Bonchev–Trinajstić information content (AvgIpc) is 3.97. The van der Waals surface area contributed by atoms with Crippen LogP contribution >= 0.6 is 0 Å². The molecule has 1 aromatic carbocycles. The van der Waals surface area contributed by atoms with Crippen molar-refractivity contribution in [1.82, 2.24) is 30.5 Å². The Morgan fingerprint density at radius 2 is 1.56 bits per heavy atom. The smallest absolute Gasteiger partial charge is 0.407 e. The number of aromatic nitrogens is 3. The standard InChI is InChI=1S/C40H57N7O7/c1-8-9-20-47(37(49)34(25(4)5)45-40(51)53-7)38-41-22-30(43-38)28-16-12-26(13-17-28)27-14-18-29(19-15-27)31-23-54-35(42-31)32-11-10-21-46(32)36(48)33(24(2)3)44-39(50)52-6/h12-13,16-17,22-25,27,29,32-34H,8-11,14-15,18-21H2,1-7H3,(H,41,43)(H,44,50)(H,45,51). The number of unbranched alkanes of at least 4 members (excludes halogenated alkanes) is 1. The van der Waals surface area contributed by atoms with E-state index in [1.54, 1.807) is 22.3 Å². The molecule has 3 unspecified atom stereocenters. The molecule has 1 saturated heterocycles. The van der Waals surface area contributed by atoms with Crippen LogP contribution in [0.3, 0.4) is 0 Å². The summed E-state index contributed by atoms with van der Waals surface area (Å²) >= 11 is 0. The number of aromatic amines is 1. The van der Waals surface area contributed by atoms with Crippen LogP contribution in [0.15, 0.2) is 41.1 Å². The summed E-state index contributed by atoms with van der Waals surface area (Å²) in [5, 5.41) is 5.37. The molecule has 14 nitrogen and oxygen atoms in total. The number of carbonyl (C=O) groups is 4. The molecule has 1 aliphatic carbocycles. The van der Waals surface area contributed by atoms with Crippen molar-refractivity contribution in [2.24, 2.45) is 11.8 Å². The number of H-pyrrole nitrogens is 1. The van der Waals surface area contributed by atoms with Crippen molar-refractivity contribution < 1.29 is 33.1 Å². The molecule has 0 bridgehead atoms. The average molecular weight is 748 g/mol. The van der Waals surface area contributed by atoms with Crippen LogP contribution in [0.4, 0.5) is 15.5 Å². The number of rotatable bonds is 14. The molecule has 5 rings (SSSR count). The molecular formula is C40H57N7O7. The number of hydrogen-bond acceptors (Lipinski definition) is 9. The predicted octanol–water partition coefficient (Wildman–Crippen LogP) is 7.06. The number of likely N-dealkylation sites (tertiary alicyclic amines) is 1. The number of imidazole rings is 1. The highest BCUT2D eigenvalue weighted by atomic mass is 16.5. The van der Waals surface area contributed by atoms with Gasteiger partial charge in [-0.3, -0.25) is 14.5 Å². The van der Waals surface area contributed by atoms with Crippen LogP contribution in [0, 0.1) is 11.8 Å². The summed E-state index contributed by atoms with van der Waals surface area (Å²) in [5.41, 5.74) is 4.00. The third-order valence-corrected chi connectivity index (χ3v) is 10.8. The zero-order valence-corrected chi connectivity index (χ0v) is 32.7. The van der Waals surface area contributed by atoms with E-state index in [2.05, 4.69) is 51.8 Å². The summed E-state index contributed by atoms with van der Waals surface area (Å²) < 4.78 is 15.5. The second kappa shape index (κ2) is 18.4. The number of alkyl carbamates (subject to hydrolysis) is 2. The van der Waals surface area contributed by atoms with Gasteiger partial charge in [-0.1, -0.05) is 65.3 Å². The van der Waals surface area contributed by atoms with Gasteiger partial charge in [0.1, 0.15) is 24.4 Å². The quantitative estimate of drug-likeness (QED) is 0.156. The van der Waals surface area contributed by atoms with Crippen LogP contribution in [0.25, 0.3) is 11.3 Å². The molecular weight excluding hydrogens is 690 g/mol. The van der Waals surface area contributed by atoms with Crippen molar-refractivity contribution in [2.45, 2.75) is 116 Å². The zero-order chi connectivity index (χ0) is 38.9. The first-order valence-corrected chi connectivity index (χ1v) is 19.4. The molecule has 2 aromatic heterocycles. The Labute approximate surface area is 318 Å². The number of benzene rings is 1. The number of methoxy groups -OCH3 is 2. The Morgan fingerprint density at radius 1 is 0.926 bits per heavy atom. The SMILES string of the molecule is CCCCN(C(=O)C(NC(=O)OC)C(C)C)c1ncc(-c2ccc(C3CCC(c4coc(C5CCCN5C(=O)C(NC(=O)OC)C(C)C)n4)CC3)cc2)[nH]1. The number of amides is 4. The molecule has 1 aliphatic heterocycles. The molecule has 2 fully saturated rings. The Balaban J connectivity index is 1.20.